The third-order valence-electron chi connectivity index (χ3n) is 4.66. The molecule has 0 saturated carbocycles. The van der Waals surface area contributed by atoms with Gasteiger partial charge in [0.25, 0.3) is 10.0 Å². The van der Waals surface area contributed by atoms with Crippen molar-refractivity contribution in [3.05, 3.63) is 41.4 Å². The van der Waals surface area contributed by atoms with Crippen molar-refractivity contribution in [1.82, 2.24) is 0 Å². The van der Waals surface area contributed by atoms with Crippen LogP contribution in [0.2, 0.25) is 5.02 Å². The Morgan fingerprint density at radius 3 is 2.17 bits per heavy atom. The SMILES string of the molecule is CCCCCCN(c1cc(OC)c(Cl)cc1OC)S(=O)(=O)c1ccc(OCC)cc1. The molecule has 0 unspecified atom stereocenters. The molecule has 0 atom stereocenters. The molecule has 0 aliphatic carbocycles. The second kappa shape index (κ2) is 11.3. The number of nitrogens with zero attached hydrogens (tertiary/aromatic N) is 1. The van der Waals surface area contributed by atoms with Gasteiger partial charge in [-0.2, -0.15) is 0 Å². The zero-order valence-electron chi connectivity index (χ0n) is 18.0. The summed E-state index contributed by atoms with van der Waals surface area (Å²) in [5.41, 5.74) is 0.393. The number of benzene rings is 2. The van der Waals surface area contributed by atoms with Crippen LogP contribution in [-0.2, 0) is 10.0 Å². The summed E-state index contributed by atoms with van der Waals surface area (Å²) in [7, 11) is -0.868. The summed E-state index contributed by atoms with van der Waals surface area (Å²) in [6.45, 7) is 4.82. The molecule has 0 N–H and O–H groups in total. The van der Waals surface area contributed by atoms with Crippen molar-refractivity contribution < 1.29 is 22.6 Å². The Hall–Kier alpha value is -2.12. The van der Waals surface area contributed by atoms with Crippen molar-refractivity contribution in [2.45, 2.75) is 44.4 Å². The van der Waals surface area contributed by atoms with Gasteiger partial charge in [-0.05, 0) is 37.6 Å². The van der Waals surface area contributed by atoms with Crippen LogP contribution in [0.3, 0.4) is 0 Å². The third kappa shape index (κ3) is 5.73. The molecular weight excluding hydrogens is 426 g/mol. The summed E-state index contributed by atoms with van der Waals surface area (Å²) in [5.74, 6) is 1.37. The number of sulfonamides is 1. The highest BCUT2D eigenvalue weighted by Gasteiger charge is 2.28. The van der Waals surface area contributed by atoms with E-state index in [1.54, 1.807) is 36.4 Å². The summed E-state index contributed by atoms with van der Waals surface area (Å²) in [6, 6.07) is 9.60. The van der Waals surface area contributed by atoms with E-state index in [-0.39, 0.29) is 4.90 Å². The van der Waals surface area contributed by atoms with E-state index in [1.165, 1.54) is 18.5 Å². The number of ether oxygens (including phenoxy) is 3. The number of halogens is 1. The molecule has 0 heterocycles. The predicted octanol–water partition coefficient (Wildman–Crippen LogP) is 5.53. The Balaban J connectivity index is 2.51. The first-order chi connectivity index (χ1) is 14.4. The average Bonchev–Trinajstić information content (AvgIpc) is 2.74. The van der Waals surface area contributed by atoms with Crippen molar-refractivity contribution >= 4 is 27.3 Å². The molecule has 2 rings (SSSR count). The van der Waals surface area contributed by atoms with E-state index in [9.17, 15) is 8.42 Å². The van der Waals surface area contributed by atoms with Crippen molar-refractivity contribution in [3.8, 4) is 17.2 Å². The minimum Gasteiger partial charge on any atom is -0.495 e. The molecule has 30 heavy (non-hydrogen) atoms. The molecule has 0 amide bonds. The summed E-state index contributed by atoms with van der Waals surface area (Å²) < 4.78 is 44.7. The minimum absolute atomic E-state index is 0.178. The lowest BCUT2D eigenvalue weighted by Crippen LogP contribution is -2.32. The van der Waals surface area contributed by atoms with Gasteiger partial charge in [0.05, 0.1) is 36.4 Å². The quantitative estimate of drug-likeness (QED) is 0.393. The first kappa shape index (κ1) is 24.2. The lowest BCUT2D eigenvalue weighted by molar-refractivity contribution is 0.340. The lowest BCUT2D eigenvalue weighted by atomic mass is 10.2. The van der Waals surface area contributed by atoms with Gasteiger partial charge in [0, 0.05) is 18.7 Å². The molecule has 0 radical (unpaired) electrons. The van der Waals surface area contributed by atoms with Crippen molar-refractivity contribution in [1.29, 1.82) is 0 Å². The van der Waals surface area contributed by atoms with Crippen LogP contribution in [0.5, 0.6) is 17.2 Å². The molecule has 0 aliphatic rings. The Bertz CT molecular complexity index is 916. The minimum atomic E-state index is -3.84. The molecule has 0 saturated heterocycles. The van der Waals surface area contributed by atoms with Crippen LogP contribution in [0.25, 0.3) is 0 Å². The van der Waals surface area contributed by atoms with E-state index in [1.807, 2.05) is 6.92 Å². The van der Waals surface area contributed by atoms with Gasteiger partial charge in [-0.25, -0.2) is 8.42 Å². The molecule has 0 bridgehead atoms. The number of hydrogen-bond donors (Lipinski definition) is 0. The third-order valence-corrected chi connectivity index (χ3v) is 6.78. The average molecular weight is 456 g/mol. The number of anilines is 1. The molecule has 2 aromatic rings. The van der Waals surface area contributed by atoms with Crippen molar-refractivity contribution in [2.24, 2.45) is 0 Å². The molecule has 0 aliphatic heterocycles. The maximum Gasteiger partial charge on any atom is 0.264 e. The Kier molecular flexibility index (Phi) is 9.11. The normalized spacial score (nSPS) is 11.2. The van der Waals surface area contributed by atoms with Gasteiger partial charge >= 0.3 is 0 Å². The van der Waals surface area contributed by atoms with Gasteiger partial charge in [-0.3, -0.25) is 4.31 Å². The fraction of sp³-hybridized carbons (Fsp3) is 0.455. The van der Waals surface area contributed by atoms with Crippen LogP contribution in [0.4, 0.5) is 5.69 Å². The summed E-state index contributed by atoms with van der Waals surface area (Å²) in [4.78, 5) is 0.178. The van der Waals surface area contributed by atoms with Crippen LogP contribution in [0.1, 0.15) is 39.5 Å². The second-order valence-corrected chi connectivity index (χ2v) is 8.97. The van der Waals surface area contributed by atoms with E-state index in [4.69, 9.17) is 25.8 Å². The van der Waals surface area contributed by atoms with E-state index in [2.05, 4.69) is 6.92 Å². The van der Waals surface area contributed by atoms with Crippen molar-refractivity contribution in [3.63, 3.8) is 0 Å². The van der Waals surface area contributed by atoms with Gasteiger partial charge < -0.3 is 14.2 Å². The largest absolute Gasteiger partial charge is 0.495 e. The Labute approximate surface area is 184 Å². The predicted molar refractivity (Wildman–Crippen MR) is 121 cm³/mol. The van der Waals surface area contributed by atoms with Crippen LogP contribution < -0.4 is 18.5 Å². The monoisotopic (exact) mass is 455 g/mol. The molecule has 2 aromatic carbocycles. The van der Waals surface area contributed by atoms with Crippen LogP contribution in [-0.4, -0.2) is 35.8 Å². The molecule has 6 nitrogen and oxygen atoms in total. The molecule has 0 aromatic heterocycles. The maximum absolute atomic E-state index is 13.6. The fourth-order valence-electron chi connectivity index (χ4n) is 3.09. The number of rotatable bonds is 12. The molecule has 8 heteroatoms. The van der Waals surface area contributed by atoms with E-state index >= 15 is 0 Å². The number of methoxy groups -OCH3 is 2. The van der Waals surface area contributed by atoms with E-state index in [0.717, 1.165) is 25.7 Å². The Morgan fingerprint density at radius 1 is 0.933 bits per heavy atom. The van der Waals surface area contributed by atoms with Gasteiger partial charge in [-0.15, -0.1) is 0 Å². The van der Waals surface area contributed by atoms with Crippen LogP contribution >= 0.6 is 11.6 Å². The summed E-state index contributed by atoms with van der Waals surface area (Å²) in [5, 5.41) is 0.350. The summed E-state index contributed by atoms with van der Waals surface area (Å²) in [6.07, 6.45) is 3.75. The first-order valence-corrected chi connectivity index (χ1v) is 11.9. The second-order valence-electron chi connectivity index (χ2n) is 6.70. The highest BCUT2D eigenvalue weighted by molar-refractivity contribution is 7.92. The summed E-state index contributed by atoms with van der Waals surface area (Å²) >= 11 is 6.22. The first-order valence-electron chi connectivity index (χ1n) is 10.1. The van der Waals surface area contributed by atoms with E-state index in [0.29, 0.717) is 41.1 Å². The molecule has 166 valence electrons. The van der Waals surface area contributed by atoms with Crippen molar-refractivity contribution in [2.75, 3.05) is 31.7 Å². The highest BCUT2D eigenvalue weighted by Crippen LogP contribution is 2.40. The molecule has 0 spiro atoms. The molecule has 0 fully saturated rings. The van der Waals surface area contributed by atoms with Gasteiger partial charge in [0.2, 0.25) is 0 Å². The zero-order valence-corrected chi connectivity index (χ0v) is 19.6. The maximum atomic E-state index is 13.6. The Morgan fingerprint density at radius 2 is 1.60 bits per heavy atom. The number of hydrogen-bond acceptors (Lipinski definition) is 5. The topological polar surface area (TPSA) is 65.1 Å². The van der Waals surface area contributed by atoms with Gasteiger partial charge in [0.15, 0.2) is 0 Å². The van der Waals surface area contributed by atoms with E-state index < -0.39 is 10.0 Å². The smallest absolute Gasteiger partial charge is 0.264 e. The standard InChI is InChI=1S/C22H30ClNO5S/c1-5-7-8-9-14-24(20-16-21(27-3)19(23)15-22(20)28-4)30(25,26)18-12-10-17(11-13-18)29-6-2/h10-13,15-16H,5-9,14H2,1-4H3. The molecular formula is C22H30ClNO5S. The fourth-order valence-corrected chi connectivity index (χ4v) is 4.83. The lowest BCUT2D eigenvalue weighted by Gasteiger charge is -2.27. The van der Waals surface area contributed by atoms with Crippen LogP contribution in [0.15, 0.2) is 41.3 Å². The number of unbranched alkanes of at least 4 members (excludes halogenated alkanes) is 3. The van der Waals surface area contributed by atoms with Gasteiger partial charge in [0.1, 0.15) is 17.2 Å². The van der Waals surface area contributed by atoms with Gasteiger partial charge in [-0.1, -0.05) is 37.8 Å². The zero-order chi connectivity index (χ0) is 22.1. The highest BCUT2D eigenvalue weighted by atomic mass is 35.5. The van der Waals surface area contributed by atoms with Crippen LogP contribution in [0, 0.1) is 0 Å².